The van der Waals surface area contributed by atoms with E-state index < -0.39 is 0 Å². The smallest absolute Gasteiger partial charge is 0.0939 e. The summed E-state index contributed by atoms with van der Waals surface area (Å²) in [5.74, 6) is 1.05. The Balaban J connectivity index is 0.000000332. The monoisotopic (exact) mass is 809 g/mol. The zero-order chi connectivity index (χ0) is 42.6. The molecule has 6 rings (SSSR count). The first-order valence-corrected chi connectivity index (χ1v) is 22.8. The van der Waals surface area contributed by atoms with Crippen molar-refractivity contribution < 1.29 is 4.42 Å². The molecule has 1 saturated carbocycles. The third-order valence-electron chi connectivity index (χ3n) is 9.48. The Hall–Kier alpha value is -2.41. The molecule has 1 fully saturated rings. The third-order valence-corrected chi connectivity index (χ3v) is 12.1. The fourth-order valence-corrected chi connectivity index (χ4v) is 8.17. The minimum atomic E-state index is 0.211. The first kappa shape index (κ1) is 50.6. The van der Waals surface area contributed by atoms with Gasteiger partial charge in [-0.3, -0.25) is 4.68 Å². The Morgan fingerprint density at radius 3 is 1.22 bits per heavy atom. The Bertz CT molecular complexity index is 1510. The molecule has 5 heterocycles. The van der Waals surface area contributed by atoms with E-state index in [4.69, 9.17) is 4.42 Å². The van der Waals surface area contributed by atoms with E-state index in [1.165, 1.54) is 45.7 Å². The van der Waals surface area contributed by atoms with Crippen LogP contribution in [0.2, 0.25) is 0 Å². The van der Waals surface area contributed by atoms with Gasteiger partial charge in [0.25, 0.3) is 0 Å². The topological polar surface area (TPSA) is 31.0 Å². The van der Waals surface area contributed by atoms with Crippen LogP contribution in [0.1, 0.15) is 176 Å². The van der Waals surface area contributed by atoms with Crippen molar-refractivity contribution in [2.75, 3.05) is 0 Å². The number of hydrogen-bond acceptors (Lipinski definition) is 5. The first-order chi connectivity index (χ1) is 24.9. The quantitative estimate of drug-likeness (QED) is 0.156. The van der Waals surface area contributed by atoms with Gasteiger partial charge < -0.3 is 4.42 Å². The van der Waals surface area contributed by atoms with Crippen LogP contribution >= 0.6 is 34.0 Å². The molecule has 5 aromatic heterocycles. The Morgan fingerprint density at radius 2 is 1.07 bits per heavy atom. The zero-order valence-electron chi connectivity index (χ0n) is 38.9. The first-order valence-electron chi connectivity index (χ1n) is 20.0. The van der Waals surface area contributed by atoms with Crippen LogP contribution in [0, 0.1) is 25.2 Å². The van der Waals surface area contributed by atoms with Gasteiger partial charge in [0.2, 0.25) is 0 Å². The van der Waals surface area contributed by atoms with Crippen molar-refractivity contribution >= 4 is 34.0 Å². The molecule has 0 N–H and O–H groups in total. The Morgan fingerprint density at radius 1 is 0.600 bits per heavy atom. The average Bonchev–Trinajstić information content (AvgIpc) is 3.66. The van der Waals surface area contributed by atoms with Gasteiger partial charge in [0.15, 0.2) is 0 Å². The number of aryl methyl sites for hydroxylation is 2. The van der Waals surface area contributed by atoms with Crippen LogP contribution in [0.4, 0.5) is 0 Å². The highest BCUT2D eigenvalue weighted by Crippen LogP contribution is 2.44. The minimum Gasteiger partial charge on any atom is -0.472 e. The predicted molar refractivity (Wildman–Crippen MR) is 250 cm³/mol. The molecule has 0 radical (unpaired) electrons. The summed E-state index contributed by atoms with van der Waals surface area (Å²) in [5, 5.41) is 15.2. The molecular weight excluding hydrogens is 729 g/mol. The van der Waals surface area contributed by atoms with Crippen molar-refractivity contribution in [2.24, 2.45) is 18.4 Å². The molecule has 3 nitrogen and oxygen atoms in total. The molecule has 1 aliphatic carbocycles. The highest BCUT2D eigenvalue weighted by Gasteiger charge is 2.33. The molecule has 0 saturated heterocycles. The maximum absolute atomic E-state index is 4.94. The van der Waals surface area contributed by atoms with Crippen molar-refractivity contribution in [3.63, 3.8) is 0 Å². The van der Waals surface area contributed by atoms with E-state index >= 15 is 0 Å². The van der Waals surface area contributed by atoms with Crippen LogP contribution in [0.15, 0.2) is 74.2 Å². The summed E-state index contributed by atoms with van der Waals surface area (Å²) in [6.07, 6.45) is 6.45. The summed E-state index contributed by atoms with van der Waals surface area (Å²) >= 11 is 5.36. The second kappa shape index (κ2) is 20.8. The summed E-state index contributed by atoms with van der Waals surface area (Å²) in [6.45, 7) is 44.4. The van der Waals surface area contributed by atoms with Crippen LogP contribution in [0.3, 0.4) is 0 Å². The zero-order valence-corrected chi connectivity index (χ0v) is 41.4. The molecule has 0 aromatic carbocycles. The van der Waals surface area contributed by atoms with Crippen molar-refractivity contribution in [1.82, 2.24) is 9.78 Å². The van der Waals surface area contributed by atoms with Crippen LogP contribution in [-0.2, 0) is 34.1 Å². The standard InChI is InChI=1S/C10H18N2.C8H12O.3C8H12S.C7H14/c1-7-9(10(3,4)5)8(2)12(6)11-7;3*1-8(2,3)7-4-5-9-6-7;1-8(2,3)7-5-4-6-9-7;1-7(2,3)6-4-5-6/h1-6H3;4*4-6H,1-3H3;6H,4-5H2,1-3H3. The van der Waals surface area contributed by atoms with E-state index in [1.807, 2.05) is 29.1 Å². The summed E-state index contributed by atoms with van der Waals surface area (Å²) in [7, 11) is 2.00. The SMILES string of the molecule is CC(C)(C)C1CC1.CC(C)(C)c1cccs1.CC(C)(C)c1ccoc1.CC(C)(C)c1ccsc1.CC(C)(C)c1ccsc1.Cc1nn(C)c(C)c1C(C)(C)C. The Kier molecular flexibility index (Phi) is 19.2. The summed E-state index contributed by atoms with van der Waals surface area (Å²) in [4.78, 5) is 1.46. The molecule has 5 aromatic rings. The molecule has 0 bridgehead atoms. The van der Waals surface area contributed by atoms with Crippen LogP contribution in [-0.4, -0.2) is 9.78 Å². The largest absolute Gasteiger partial charge is 0.472 e. The molecule has 0 atom stereocenters. The van der Waals surface area contributed by atoms with Crippen LogP contribution in [0.25, 0.3) is 0 Å². The number of rotatable bonds is 0. The van der Waals surface area contributed by atoms with Crippen molar-refractivity contribution in [2.45, 2.75) is 178 Å². The molecule has 0 spiro atoms. The van der Waals surface area contributed by atoms with Gasteiger partial charge in [0.1, 0.15) is 0 Å². The third kappa shape index (κ3) is 19.5. The van der Waals surface area contributed by atoms with Crippen LogP contribution in [0.5, 0.6) is 0 Å². The van der Waals surface area contributed by atoms with Gasteiger partial charge in [0.05, 0.1) is 18.2 Å². The molecule has 6 heteroatoms. The lowest BCUT2D eigenvalue weighted by Crippen LogP contribution is -2.13. The van der Waals surface area contributed by atoms with Crippen molar-refractivity contribution in [1.29, 1.82) is 0 Å². The minimum absolute atomic E-state index is 0.211. The molecule has 310 valence electrons. The van der Waals surface area contributed by atoms with Gasteiger partial charge in [-0.15, -0.1) is 11.3 Å². The number of furan rings is 1. The molecule has 0 aliphatic heterocycles. The fourth-order valence-electron chi connectivity index (χ4n) is 5.59. The normalized spacial score (nSPS) is 13.3. The number of aromatic nitrogens is 2. The average molecular weight is 809 g/mol. The molecule has 55 heavy (non-hydrogen) atoms. The maximum atomic E-state index is 4.94. The highest BCUT2D eigenvalue weighted by atomic mass is 32.1. The molecule has 1 aliphatic rings. The van der Waals surface area contributed by atoms with Gasteiger partial charge in [-0.25, -0.2) is 0 Å². The van der Waals surface area contributed by atoms with E-state index in [1.54, 1.807) is 35.2 Å². The summed E-state index contributed by atoms with van der Waals surface area (Å²) in [5.41, 5.74) is 10.00. The van der Waals surface area contributed by atoms with E-state index in [0.717, 1.165) is 11.6 Å². The lowest BCUT2D eigenvalue weighted by molar-refractivity contribution is 0.351. The van der Waals surface area contributed by atoms with Gasteiger partial charge >= 0.3 is 0 Å². The number of nitrogens with zero attached hydrogens (tertiary/aromatic N) is 2. The van der Waals surface area contributed by atoms with E-state index in [2.05, 4.69) is 195 Å². The predicted octanol–water partition coefficient (Wildman–Crippen LogP) is 16.5. The second-order valence-electron chi connectivity index (χ2n) is 21.1. The van der Waals surface area contributed by atoms with Crippen molar-refractivity contribution in [3.05, 3.63) is 108 Å². The van der Waals surface area contributed by atoms with Crippen LogP contribution < -0.4 is 0 Å². The van der Waals surface area contributed by atoms with Gasteiger partial charge in [0, 0.05) is 23.2 Å². The lowest BCUT2D eigenvalue weighted by atomic mass is 9.85. The second-order valence-corrected chi connectivity index (χ2v) is 23.6. The maximum Gasteiger partial charge on any atom is 0.0939 e. The lowest BCUT2D eigenvalue weighted by Gasteiger charge is -2.19. The van der Waals surface area contributed by atoms with E-state index in [0.29, 0.717) is 21.7 Å². The van der Waals surface area contributed by atoms with E-state index in [9.17, 15) is 0 Å². The van der Waals surface area contributed by atoms with Gasteiger partial charge in [-0.05, 0) is 133 Å². The van der Waals surface area contributed by atoms with Gasteiger partial charge in [-0.1, -0.05) is 131 Å². The number of thiophene rings is 3. The van der Waals surface area contributed by atoms with Crippen molar-refractivity contribution in [3.8, 4) is 0 Å². The van der Waals surface area contributed by atoms with E-state index in [-0.39, 0.29) is 10.8 Å². The number of hydrogen-bond donors (Lipinski definition) is 0. The Labute approximate surface area is 351 Å². The molecule has 0 unspecified atom stereocenters. The molecular formula is C49H80N2OS3. The summed E-state index contributed by atoms with van der Waals surface area (Å²) in [6, 6.07) is 10.7. The van der Waals surface area contributed by atoms with Gasteiger partial charge in [-0.2, -0.15) is 27.8 Å². The highest BCUT2D eigenvalue weighted by molar-refractivity contribution is 7.10. The molecule has 0 amide bonds. The summed E-state index contributed by atoms with van der Waals surface area (Å²) < 4.78 is 6.90. The fraction of sp³-hybridized carbons (Fsp3) is 0.612.